The van der Waals surface area contributed by atoms with E-state index >= 15 is 0 Å². The van der Waals surface area contributed by atoms with E-state index in [1.54, 1.807) is 24.3 Å². The zero-order valence-corrected chi connectivity index (χ0v) is 18.1. The van der Waals surface area contributed by atoms with Crippen LogP contribution in [0.4, 0.5) is 11.4 Å². The van der Waals surface area contributed by atoms with E-state index in [-0.39, 0.29) is 19.5 Å². The van der Waals surface area contributed by atoms with Crippen LogP contribution in [-0.2, 0) is 44.7 Å². The van der Waals surface area contributed by atoms with Crippen LogP contribution in [0.15, 0.2) is 34.1 Å². The summed E-state index contributed by atoms with van der Waals surface area (Å²) in [5, 5.41) is 1.86. The van der Waals surface area contributed by atoms with Crippen molar-refractivity contribution in [1.29, 1.82) is 0 Å². The van der Waals surface area contributed by atoms with E-state index in [0.29, 0.717) is 41.3 Å². The van der Waals surface area contributed by atoms with Gasteiger partial charge < -0.3 is 36.7 Å². The fourth-order valence-electron chi connectivity index (χ4n) is 1.12. The molecule has 0 bridgehead atoms. The summed E-state index contributed by atoms with van der Waals surface area (Å²) in [6.07, 6.45) is 0. The van der Waals surface area contributed by atoms with Crippen molar-refractivity contribution in [1.82, 2.24) is 0 Å². The van der Waals surface area contributed by atoms with Crippen molar-refractivity contribution in [2.24, 2.45) is 0 Å². The molecule has 21 heavy (non-hydrogen) atoms. The van der Waals surface area contributed by atoms with Crippen molar-refractivity contribution < 1.29 is 19.5 Å². The molecule has 0 radical (unpaired) electrons. The molecule has 0 atom stereocenters. The molecule has 2 nitrogen and oxygen atoms in total. The molecule has 9 heteroatoms. The minimum atomic E-state index is 0. The van der Waals surface area contributed by atoms with Gasteiger partial charge in [-0.2, -0.15) is 0 Å². The van der Waals surface area contributed by atoms with Crippen LogP contribution in [0.5, 0.6) is 0 Å². The first kappa shape index (κ1) is 21.3. The predicted molar refractivity (Wildman–Crippen MR) is 93.0 cm³/mol. The van der Waals surface area contributed by atoms with Gasteiger partial charge in [-0.15, -0.1) is 9.79 Å². The first-order valence-corrected chi connectivity index (χ1v) is 7.38. The van der Waals surface area contributed by atoms with Crippen LogP contribution < -0.4 is 11.5 Å². The number of hydrogen-bond donors (Lipinski definition) is 2. The number of benzene rings is 2. The van der Waals surface area contributed by atoms with Crippen molar-refractivity contribution in [2.75, 3.05) is 11.5 Å². The molecule has 108 valence electrons. The number of nitrogens with two attached hydrogens (primary N) is 2. The van der Waals surface area contributed by atoms with Gasteiger partial charge in [-0.3, -0.25) is 0 Å². The molecule has 0 aromatic heterocycles. The molecule has 2 aromatic carbocycles. The zero-order chi connectivity index (χ0) is 15.4. The number of nitrogen functional groups attached to an aromatic ring is 2. The molecule has 0 saturated heterocycles. The van der Waals surface area contributed by atoms with E-state index < -0.39 is 0 Å². The molecule has 0 spiro atoms. The summed E-state index contributed by atoms with van der Waals surface area (Å²) in [7, 11) is 0. The fraction of sp³-hybridized carbons (Fsp3) is 0. The van der Waals surface area contributed by atoms with Crippen molar-refractivity contribution in [3.8, 4) is 0 Å². The topological polar surface area (TPSA) is 52.0 Å². The maximum Gasteiger partial charge on any atom is 2.00 e. The van der Waals surface area contributed by atoms with E-state index in [9.17, 15) is 0 Å². The van der Waals surface area contributed by atoms with E-state index in [1.807, 2.05) is 0 Å². The third-order valence-corrected chi connectivity index (χ3v) is 3.85. The Kier molecular flexibility index (Phi) is 9.53. The third kappa shape index (κ3) is 6.49. The average molecular weight is 452 g/mol. The Hall–Kier alpha value is 0.263. The standard InChI is InChI=1S/2C6H5Cl2NS.Zn/c2*7-3-1-4(8)6(9)5(10)2-3;/h2*1-2,10H,9H2;/q;;+2/p-2. The van der Waals surface area contributed by atoms with E-state index in [0.717, 1.165) is 0 Å². The molecule has 0 aliphatic carbocycles. The average Bonchev–Trinajstić information content (AvgIpc) is 2.33. The summed E-state index contributed by atoms with van der Waals surface area (Å²) in [5.41, 5.74) is 11.7. The summed E-state index contributed by atoms with van der Waals surface area (Å²) < 4.78 is 0. The Morgan fingerprint density at radius 3 is 1.19 bits per heavy atom. The van der Waals surface area contributed by atoms with Crippen LogP contribution in [0.3, 0.4) is 0 Å². The van der Waals surface area contributed by atoms with Crippen molar-refractivity contribution in [2.45, 2.75) is 9.79 Å². The molecule has 0 aliphatic heterocycles. The molecule has 0 heterocycles. The largest absolute Gasteiger partial charge is 2.00 e. The molecule has 2 aromatic rings. The van der Waals surface area contributed by atoms with E-state index in [2.05, 4.69) is 0 Å². The van der Waals surface area contributed by atoms with Crippen LogP contribution >= 0.6 is 46.4 Å². The number of anilines is 2. The Bertz CT molecular complexity index is 539. The second kappa shape index (κ2) is 9.41. The summed E-state index contributed by atoms with van der Waals surface area (Å²) >= 11 is 32.2. The van der Waals surface area contributed by atoms with E-state index in [1.165, 1.54) is 0 Å². The maximum absolute atomic E-state index is 5.64. The van der Waals surface area contributed by atoms with Crippen LogP contribution in [0.2, 0.25) is 20.1 Å². The van der Waals surface area contributed by atoms with Crippen molar-refractivity contribution >= 4 is 83.0 Å². The molecule has 0 fully saturated rings. The van der Waals surface area contributed by atoms with Crippen molar-refractivity contribution in [3.05, 3.63) is 44.4 Å². The smallest absolute Gasteiger partial charge is 0.778 e. The maximum atomic E-state index is 5.64. The number of halogens is 4. The Morgan fingerprint density at radius 2 is 0.952 bits per heavy atom. The summed E-state index contributed by atoms with van der Waals surface area (Å²) in [4.78, 5) is 0.995. The molecule has 0 saturated carbocycles. The van der Waals surface area contributed by atoms with Gasteiger partial charge in [0, 0.05) is 21.4 Å². The van der Waals surface area contributed by atoms with Gasteiger partial charge in [-0.1, -0.05) is 58.5 Å². The van der Waals surface area contributed by atoms with Gasteiger partial charge >= 0.3 is 19.5 Å². The van der Waals surface area contributed by atoms with Gasteiger partial charge in [0.25, 0.3) is 0 Å². The summed E-state index contributed by atoms with van der Waals surface area (Å²) in [5.74, 6) is 0. The van der Waals surface area contributed by atoms with Gasteiger partial charge in [0.05, 0.1) is 10.0 Å². The molecule has 2 rings (SSSR count). The monoisotopic (exact) mass is 448 g/mol. The zero-order valence-electron chi connectivity index (χ0n) is 10.5. The molecule has 0 amide bonds. The summed E-state index contributed by atoms with van der Waals surface area (Å²) in [6.45, 7) is 0. The molecular formula is C12H8Cl4N2S2Zn. The fourth-order valence-corrected chi connectivity index (χ4v) is 2.82. The molecule has 4 N–H and O–H groups in total. The second-order valence-corrected chi connectivity index (χ2v) is 6.17. The SMILES string of the molecule is Nc1c([S-])cc(Cl)cc1Cl.Nc1c([S-])cc(Cl)cc1Cl.[Zn+2]. The van der Waals surface area contributed by atoms with E-state index in [4.69, 9.17) is 83.1 Å². The first-order chi connectivity index (χ1) is 9.22. The van der Waals surface area contributed by atoms with Crippen LogP contribution in [0.25, 0.3) is 0 Å². The molecular weight excluding hydrogens is 443 g/mol. The van der Waals surface area contributed by atoms with Gasteiger partial charge in [-0.05, 0) is 12.1 Å². The Balaban J connectivity index is 0.000000364. The molecule has 0 aliphatic rings. The summed E-state index contributed by atoms with van der Waals surface area (Å²) in [6, 6.07) is 6.32. The Labute approximate surface area is 167 Å². The van der Waals surface area contributed by atoms with Gasteiger partial charge in [0.2, 0.25) is 0 Å². The normalized spacial score (nSPS) is 9.33. The Morgan fingerprint density at radius 1 is 0.667 bits per heavy atom. The van der Waals surface area contributed by atoms with Gasteiger partial charge in [0.1, 0.15) is 0 Å². The van der Waals surface area contributed by atoms with Gasteiger partial charge in [-0.25, -0.2) is 0 Å². The number of hydrogen-bond acceptors (Lipinski definition) is 4. The quantitative estimate of drug-likeness (QED) is 0.338. The second-order valence-electron chi connectivity index (χ2n) is 3.60. The minimum absolute atomic E-state index is 0. The van der Waals surface area contributed by atoms with Crippen LogP contribution in [-0.4, -0.2) is 0 Å². The predicted octanol–water partition coefficient (Wildman–Crippen LogP) is 4.96. The van der Waals surface area contributed by atoms with Crippen LogP contribution in [0, 0.1) is 0 Å². The van der Waals surface area contributed by atoms with Gasteiger partial charge in [0.15, 0.2) is 0 Å². The third-order valence-electron chi connectivity index (χ3n) is 2.11. The minimum Gasteiger partial charge on any atom is -0.778 e. The van der Waals surface area contributed by atoms with Crippen LogP contribution in [0.1, 0.15) is 0 Å². The number of rotatable bonds is 0. The van der Waals surface area contributed by atoms with Crippen molar-refractivity contribution in [3.63, 3.8) is 0 Å². The molecule has 0 unspecified atom stereocenters. The first-order valence-electron chi connectivity index (χ1n) is 5.05.